The third-order valence-electron chi connectivity index (χ3n) is 7.39. The van der Waals surface area contributed by atoms with Crippen molar-refractivity contribution in [1.29, 1.82) is 0 Å². The summed E-state index contributed by atoms with van der Waals surface area (Å²) >= 11 is 0. The SMILES string of the molecule is CC(C)C.CC(C)N1CCCCC1.CCN(C)C(=O)[C@@H]1CCCN1C(=O)/C(C)=C/[C@H](C(C)C)N(C)C(=O)CNC=O. The number of likely N-dealkylation sites (tertiary alicyclic amines) is 2. The summed E-state index contributed by atoms with van der Waals surface area (Å²) in [6.45, 7) is 22.4. The molecule has 2 heterocycles. The van der Waals surface area contributed by atoms with Crippen molar-refractivity contribution in [1.82, 2.24) is 24.9 Å². The van der Waals surface area contributed by atoms with Crippen LogP contribution in [0.25, 0.3) is 0 Å². The van der Waals surface area contributed by atoms with Gasteiger partial charge < -0.3 is 24.9 Å². The van der Waals surface area contributed by atoms with E-state index >= 15 is 0 Å². The van der Waals surface area contributed by atoms with Crippen LogP contribution < -0.4 is 5.32 Å². The van der Waals surface area contributed by atoms with Crippen LogP contribution in [0, 0.1) is 11.8 Å². The fourth-order valence-electron chi connectivity index (χ4n) is 4.84. The Labute approximate surface area is 251 Å². The number of carbonyl (C=O) groups excluding carboxylic acids is 4. The van der Waals surface area contributed by atoms with Crippen LogP contribution in [-0.4, -0.2) is 109 Å². The van der Waals surface area contributed by atoms with Gasteiger partial charge in [0.2, 0.25) is 24.1 Å². The zero-order chi connectivity index (χ0) is 31.7. The first-order valence-electron chi connectivity index (χ1n) is 15.6. The standard InChI is InChI=1S/C20H34N4O4.C8H17N.C4H10/c1-7-22(5)20(28)16-9-8-10-24(16)19(27)15(4)11-17(14(2)3)23(6)18(26)12-21-13-25;1-8(2)9-6-4-3-5-7-9;1-4(2)3/h11,13-14,16-17H,7-10,12H2,1-6H3,(H,21,25);8H,3-7H2,1-2H3;4H,1-3H3/b15-11+;;/t16-,17+;;/m0../s1. The van der Waals surface area contributed by atoms with Gasteiger partial charge in [-0.25, -0.2) is 0 Å². The van der Waals surface area contributed by atoms with Crippen LogP contribution in [0.1, 0.15) is 94.4 Å². The average molecular weight is 580 g/mol. The van der Waals surface area contributed by atoms with E-state index in [4.69, 9.17) is 0 Å². The van der Waals surface area contributed by atoms with Crippen LogP contribution in [0.4, 0.5) is 0 Å². The number of nitrogens with zero attached hydrogens (tertiary/aromatic N) is 4. The number of rotatable bonds is 10. The molecule has 2 rings (SSSR count). The van der Waals surface area contributed by atoms with Gasteiger partial charge >= 0.3 is 0 Å². The fraction of sp³-hybridized carbons (Fsp3) is 0.812. The average Bonchev–Trinajstić information content (AvgIpc) is 3.43. The molecule has 0 saturated carbocycles. The number of hydrogen-bond donors (Lipinski definition) is 1. The maximum atomic E-state index is 13.0. The summed E-state index contributed by atoms with van der Waals surface area (Å²) in [6, 6.07) is 0.0553. The quantitative estimate of drug-likeness (QED) is 0.310. The Bertz CT molecular complexity index is 818. The lowest BCUT2D eigenvalue weighted by atomic mass is 9.99. The second kappa shape index (κ2) is 20.5. The van der Waals surface area contributed by atoms with E-state index in [1.165, 1.54) is 37.3 Å². The highest BCUT2D eigenvalue weighted by molar-refractivity contribution is 5.97. The molecule has 0 aromatic carbocycles. The molecule has 9 nitrogen and oxygen atoms in total. The molecule has 0 bridgehead atoms. The van der Waals surface area contributed by atoms with E-state index in [0.717, 1.165) is 18.4 Å². The van der Waals surface area contributed by atoms with Gasteiger partial charge in [0.1, 0.15) is 6.04 Å². The normalized spacial score (nSPS) is 18.2. The summed E-state index contributed by atoms with van der Waals surface area (Å²) in [5.74, 6) is 0.475. The van der Waals surface area contributed by atoms with Crippen LogP contribution in [-0.2, 0) is 19.2 Å². The second-order valence-electron chi connectivity index (χ2n) is 12.5. The second-order valence-corrected chi connectivity index (χ2v) is 12.5. The molecule has 0 unspecified atom stereocenters. The number of piperidine rings is 1. The molecule has 0 aromatic rings. The van der Waals surface area contributed by atoms with Crippen molar-refractivity contribution in [2.24, 2.45) is 11.8 Å². The minimum absolute atomic E-state index is 0.0335. The van der Waals surface area contributed by atoms with Gasteiger partial charge in [-0.2, -0.15) is 0 Å². The van der Waals surface area contributed by atoms with Crippen LogP contribution in [0.2, 0.25) is 0 Å². The van der Waals surface area contributed by atoms with Crippen LogP contribution in [0.3, 0.4) is 0 Å². The molecule has 2 atom stereocenters. The van der Waals surface area contributed by atoms with Crippen molar-refractivity contribution < 1.29 is 19.2 Å². The Hall–Kier alpha value is -2.42. The summed E-state index contributed by atoms with van der Waals surface area (Å²) in [7, 11) is 3.40. The van der Waals surface area contributed by atoms with Gasteiger partial charge in [-0.1, -0.05) is 47.1 Å². The van der Waals surface area contributed by atoms with Crippen molar-refractivity contribution in [2.45, 2.75) is 113 Å². The fourth-order valence-corrected chi connectivity index (χ4v) is 4.84. The third kappa shape index (κ3) is 14.3. The van der Waals surface area contributed by atoms with E-state index in [9.17, 15) is 19.2 Å². The Morgan fingerprint density at radius 3 is 1.93 bits per heavy atom. The summed E-state index contributed by atoms with van der Waals surface area (Å²) in [6.07, 6.45) is 8.02. The van der Waals surface area contributed by atoms with Gasteiger partial charge in [0.15, 0.2) is 0 Å². The molecule has 0 spiro atoms. The van der Waals surface area contributed by atoms with Crippen molar-refractivity contribution in [3.63, 3.8) is 0 Å². The van der Waals surface area contributed by atoms with E-state index < -0.39 is 6.04 Å². The minimum Gasteiger partial charge on any atom is -0.350 e. The van der Waals surface area contributed by atoms with E-state index in [1.54, 1.807) is 36.9 Å². The number of amides is 4. The van der Waals surface area contributed by atoms with Gasteiger partial charge in [0.25, 0.3) is 0 Å². The molecule has 41 heavy (non-hydrogen) atoms. The Morgan fingerprint density at radius 1 is 0.927 bits per heavy atom. The number of hydrogen-bond acceptors (Lipinski definition) is 5. The summed E-state index contributed by atoms with van der Waals surface area (Å²) in [5.41, 5.74) is 0.514. The molecule has 9 heteroatoms. The molecule has 0 radical (unpaired) electrons. The smallest absolute Gasteiger partial charge is 0.249 e. The maximum Gasteiger partial charge on any atom is 0.249 e. The first-order valence-corrected chi connectivity index (χ1v) is 15.6. The van der Waals surface area contributed by atoms with Gasteiger partial charge in [0, 0.05) is 38.8 Å². The summed E-state index contributed by atoms with van der Waals surface area (Å²) in [5, 5.41) is 2.37. The highest BCUT2D eigenvalue weighted by Crippen LogP contribution is 2.22. The topological polar surface area (TPSA) is 93.3 Å². The van der Waals surface area contributed by atoms with Crippen molar-refractivity contribution in [3.8, 4) is 0 Å². The van der Waals surface area contributed by atoms with Gasteiger partial charge in [-0.15, -0.1) is 0 Å². The molecule has 1 N–H and O–H groups in total. The van der Waals surface area contributed by atoms with Gasteiger partial charge in [-0.05, 0) is 78.3 Å². The van der Waals surface area contributed by atoms with Crippen LogP contribution >= 0.6 is 0 Å². The first kappa shape index (κ1) is 38.6. The van der Waals surface area contributed by atoms with E-state index in [0.29, 0.717) is 31.5 Å². The third-order valence-corrected chi connectivity index (χ3v) is 7.39. The molecule has 4 amide bonds. The largest absolute Gasteiger partial charge is 0.350 e. The number of likely N-dealkylation sites (N-methyl/N-ethyl adjacent to an activating group) is 2. The lowest BCUT2D eigenvalue weighted by Crippen LogP contribution is -2.47. The molecule has 238 valence electrons. The Morgan fingerprint density at radius 2 is 1.49 bits per heavy atom. The maximum absolute atomic E-state index is 13.0. The van der Waals surface area contributed by atoms with Crippen molar-refractivity contribution >= 4 is 24.1 Å². The van der Waals surface area contributed by atoms with Crippen LogP contribution in [0.5, 0.6) is 0 Å². The highest BCUT2D eigenvalue weighted by Gasteiger charge is 2.36. The van der Waals surface area contributed by atoms with Crippen molar-refractivity contribution in [2.75, 3.05) is 46.8 Å². The predicted octanol–water partition coefficient (Wildman–Crippen LogP) is 4.17. The molecule has 2 aliphatic heterocycles. The lowest BCUT2D eigenvalue weighted by Gasteiger charge is -2.31. The molecular formula is C32H61N5O4. The zero-order valence-electron chi connectivity index (χ0n) is 28.0. The number of carbonyl (C=O) groups is 4. The van der Waals surface area contributed by atoms with Gasteiger partial charge in [-0.3, -0.25) is 19.2 Å². The van der Waals surface area contributed by atoms with Crippen molar-refractivity contribution in [3.05, 3.63) is 11.6 Å². The first-order chi connectivity index (χ1) is 19.2. The van der Waals surface area contributed by atoms with E-state index in [1.807, 2.05) is 20.8 Å². The molecule has 0 aliphatic carbocycles. The molecule has 2 fully saturated rings. The van der Waals surface area contributed by atoms with E-state index in [2.05, 4.69) is 44.8 Å². The Kier molecular flexibility index (Phi) is 19.2. The van der Waals surface area contributed by atoms with Crippen LogP contribution in [0.15, 0.2) is 11.6 Å². The monoisotopic (exact) mass is 579 g/mol. The molecule has 0 aromatic heterocycles. The minimum atomic E-state index is -0.422. The lowest BCUT2D eigenvalue weighted by molar-refractivity contribution is -0.141. The Balaban J connectivity index is 0.00000101. The van der Waals surface area contributed by atoms with E-state index in [-0.39, 0.29) is 36.2 Å². The van der Waals surface area contributed by atoms with Gasteiger partial charge in [0.05, 0.1) is 12.6 Å². The predicted molar refractivity (Wildman–Crippen MR) is 168 cm³/mol. The summed E-state index contributed by atoms with van der Waals surface area (Å²) < 4.78 is 0. The zero-order valence-corrected chi connectivity index (χ0v) is 28.0. The molecule has 2 saturated heterocycles. The summed E-state index contributed by atoms with van der Waals surface area (Å²) in [4.78, 5) is 55.6. The highest BCUT2D eigenvalue weighted by atomic mass is 16.2. The number of nitrogens with one attached hydrogen (secondary N) is 1. The molecular weight excluding hydrogens is 518 g/mol. The molecule has 2 aliphatic rings.